The molecule has 1 aromatic heterocycles. The highest BCUT2D eigenvalue weighted by atomic mass is 15.1. The second-order valence-electron chi connectivity index (χ2n) is 8.17. The zero-order chi connectivity index (χ0) is 15.9. The van der Waals surface area contributed by atoms with Crippen molar-refractivity contribution < 1.29 is 0 Å². The lowest BCUT2D eigenvalue weighted by atomic mass is 9.80. The molecule has 1 aliphatic rings. The Labute approximate surface area is 131 Å². The van der Waals surface area contributed by atoms with Gasteiger partial charge in [-0.2, -0.15) is 0 Å². The number of aromatic nitrogens is 1. The molecule has 1 fully saturated rings. The Balaban J connectivity index is 2.27. The van der Waals surface area contributed by atoms with Crippen LogP contribution >= 0.6 is 0 Å². The van der Waals surface area contributed by atoms with E-state index in [1.165, 1.54) is 40.9 Å². The van der Waals surface area contributed by atoms with Crippen molar-refractivity contribution >= 4 is 0 Å². The lowest BCUT2D eigenvalue weighted by Crippen LogP contribution is -2.41. The summed E-state index contributed by atoms with van der Waals surface area (Å²) >= 11 is 0. The van der Waals surface area contributed by atoms with E-state index in [-0.39, 0.29) is 5.41 Å². The van der Waals surface area contributed by atoms with E-state index in [9.17, 15) is 0 Å². The Morgan fingerprint density at radius 1 is 1.10 bits per heavy atom. The summed E-state index contributed by atoms with van der Waals surface area (Å²) in [5.74, 6) is 0.905. The summed E-state index contributed by atoms with van der Waals surface area (Å²) in [6.45, 7) is 16.8. The largest absolute Gasteiger partial charge is 0.299 e. The molecule has 2 heteroatoms. The molecule has 21 heavy (non-hydrogen) atoms. The number of nitrogens with zero attached hydrogens (tertiary/aromatic N) is 2. The Bertz CT molecular complexity index is 519. The maximum absolute atomic E-state index is 4.95. The smallest absolute Gasteiger partial charge is 0.0492 e. The summed E-state index contributed by atoms with van der Waals surface area (Å²) < 4.78 is 0. The fourth-order valence-electron chi connectivity index (χ4n) is 3.56. The van der Waals surface area contributed by atoms with Gasteiger partial charge in [-0.25, -0.2) is 0 Å². The van der Waals surface area contributed by atoms with E-state index in [4.69, 9.17) is 4.98 Å². The van der Waals surface area contributed by atoms with E-state index in [1.807, 2.05) is 0 Å². The fraction of sp³-hybridized carbons (Fsp3) is 0.737. The predicted molar refractivity (Wildman–Crippen MR) is 90.8 cm³/mol. The molecular weight excluding hydrogens is 256 g/mol. The van der Waals surface area contributed by atoms with Gasteiger partial charge in [-0.15, -0.1) is 0 Å². The highest BCUT2D eigenvalue weighted by molar-refractivity contribution is 5.41. The SMILES string of the molecule is Cc1nc(C(C)(C)C)c(C)c(C)c1CN(C)C1CC(C)C1. The molecule has 0 N–H and O–H groups in total. The number of hydrogen-bond donors (Lipinski definition) is 0. The van der Waals surface area contributed by atoms with Crippen molar-refractivity contribution in [1.29, 1.82) is 0 Å². The molecule has 0 atom stereocenters. The maximum atomic E-state index is 4.95. The Morgan fingerprint density at radius 3 is 2.14 bits per heavy atom. The molecule has 0 radical (unpaired) electrons. The lowest BCUT2D eigenvalue weighted by Gasteiger charge is -2.40. The molecule has 0 saturated heterocycles. The Kier molecular flexibility index (Phi) is 4.49. The highest BCUT2D eigenvalue weighted by Crippen LogP contribution is 2.33. The van der Waals surface area contributed by atoms with Crippen LogP contribution in [0.15, 0.2) is 0 Å². The first kappa shape index (κ1) is 16.5. The molecule has 0 spiro atoms. The molecule has 1 aliphatic carbocycles. The van der Waals surface area contributed by atoms with Gasteiger partial charge >= 0.3 is 0 Å². The summed E-state index contributed by atoms with van der Waals surface area (Å²) in [5, 5.41) is 0. The van der Waals surface area contributed by atoms with Crippen LogP contribution in [0.2, 0.25) is 0 Å². The molecule has 0 amide bonds. The number of pyridine rings is 1. The van der Waals surface area contributed by atoms with Gasteiger partial charge in [0.1, 0.15) is 0 Å². The van der Waals surface area contributed by atoms with Crippen molar-refractivity contribution in [2.75, 3.05) is 7.05 Å². The summed E-state index contributed by atoms with van der Waals surface area (Å²) in [6, 6.07) is 0.765. The molecule has 0 unspecified atom stereocenters. The first-order valence-corrected chi connectivity index (χ1v) is 8.28. The van der Waals surface area contributed by atoms with Crippen molar-refractivity contribution in [3.05, 3.63) is 28.1 Å². The average molecular weight is 288 g/mol. The molecule has 2 nitrogen and oxygen atoms in total. The van der Waals surface area contributed by atoms with Crippen LogP contribution in [0.1, 0.15) is 68.6 Å². The molecule has 1 heterocycles. The van der Waals surface area contributed by atoms with Crippen molar-refractivity contribution in [1.82, 2.24) is 9.88 Å². The van der Waals surface area contributed by atoms with Crippen LogP contribution < -0.4 is 0 Å². The molecule has 1 saturated carbocycles. The van der Waals surface area contributed by atoms with Gasteiger partial charge in [0, 0.05) is 29.4 Å². The summed E-state index contributed by atoms with van der Waals surface area (Å²) in [7, 11) is 2.27. The van der Waals surface area contributed by atoms with Crippen LogP contribution in [0.5, 0.6) is 0 Å². The number of aryl methyl sites for hydroxylation is 1. The summed E-state index contributed by atoms with van der Waals surface area (Å²) in [6.07, 6.45) is 2.70. The summed E-state index contributed by atoms with van der Waals surface area (Å²) in [5.41, 5.74) is 6.82. The van der Waals surface area contributed by atoms with Gasteiger partial charge < -0.3 is 0 Å². The monoisotopic (exact) mass is 288 g/mol. The molecule has 118 valence electrons. The van der Waals surface area contributed by atoms with Gasteiger partial charge in [0.05, 0.1) is 0 Å². The average Bonchev–Trinajstić information content (AvgIpc) is 2.33. The first-order chi connectivity index (χ1) is 9.61. The van der Waals surface area contributed by atoms with Gasteiger partial charge in [-0.1, -0.05) is 27.7 Å². The van der Waals surface area contributed by atoms with Crippen molar-refractivity contribution in [3.8, 4) is 0 Å². The van der Waals surface area contributed by atoms with Gasteiger partial charge in [0.25, 0.3) is 0 Å². The minimum absolute atomic E-state index is 0.118. The summed E-state index contributed by atoms with van der Waals surface area (Å²) in [4.78, 5) is 7.47. The topological polar surface area (TPSA) is 16.1 Å². The van der Waals surface area contributed by atoms with Crippen molar-refractivity contribution in [3.63, 3.8) is 0 Å². The molecule has 0 aromatic carbocycles. The van der Waals surface area contributed by atoms with Crippen molar-refractivity contribution in [2.45, 2.75) is 79.3 Å². The molecule has 0 aliphatic heterocycles. The van der Waals surface area contributed by atoms with Crippen LogP contribution in [0.3, 0.4) is 0 Å². The van der Waals surface area contributed by atoms with Crippen LogP contribution in [-0.4, -0.2) is 23.0 Å². The quantitative estimate of drug-likeness (QED) is 0.812. The third kappa shape index (κ3) is 3.31. The number of hydrogen-bond acceptors (Lipinski definition) is 2. The minimum atomic E-state index is 0.118. The fourth-order valence-corrected chi connectivity index (χ4v) is 3.56. The zero-order valence-electron chi connectivity index (χ0n) is 15.2. The second-order valence-corrected chi connectivity index (χ2v) is 8.17. The second kappa shape index (κ2) is 5.72. The molecular formula is C19H32N2. The zero-order valence-corrected chi connectivity index (χ0v) is 15.2. The lowest BCUT2D eigenvalue weighted by molar-refractivity contribution is 0.104. The van der Waals surface area contributed by atoms with Crippen LogP contribution in [-0.2, 0) is 12.0 Å². The van der Waals surface area contributed by atoms with E-state index in [2.05, 4.69) is 60.4 Å². The normalized spacial score (nSPS) is 22.5. The van der Waals surface area contributed by atoms with Gasteiger partial charge in [0.15, 0.2) is 0 Å². The third-order valence-electron chi connectivity index (χ3n) is 5.18. The van der Waals surface area contributed by atoms with Crippen LogP contribution in [0.4, 0.5) is 0 Å². The third-order valence-corrected chi connectivity index (χ3v) is 5.18. The predicted octanol–water partition coefficient (Wildman–Crippen LogP) is 4.53. The van der Waals surface area contributed by atoms with Gasteiger partial charge in [-0.05, 0) is 63.3 Å². The Hall–Kier alpha value is -0.890. The van der Waals surface area contributed by atoms with Gasteiger partial charge in [-0.3, -0.25) is 9.88 Å². The van der Waals surface area contributed by atoms with E-state index in [1.54, 1.807) is 0 Å². The van der Waals surface area contributed by atoms with Gasteiger partial charge in [0.2, 0.25) is 0 Å². The number of rotatable bonds is 3. The van der Waals surface area contributed by atoms with E-state index >= 15 is 0 Å². The maximum Gasteiger partial charge on any atom is 0.0492 e. The van der Waals surface area contributed by atoms with E-state index < -0.39 is 0 Å². The first-order valence-electron chi connectivity index (χ1n) is 8.28. The standard InChI is InChI=1S/C19H32N2/c1-12-9-16(10-12)21(8)11-17-13(2)14(3)18(19(5,6)7)20-15(17)4/h12,16H,9-11H2,1-8H3. The minimum Gasteiger partial charge on any atom is -0.299 e. The molecule has 1 aromatic rings. The van der Waals surface area contributed by atoms with E-state index in [0.29, 0.717) is 0 Å². The van der Waals surface area contributed by atoms with Crippen LogP contribution in [0, 0.1) is 26.7 Å². The van der Waals surface area contributed by atoms with E-state index in [0.717, 1.165) is 18.5 Å². The highest BCUT2D eigenvalue weighted by Gasteiger charge is 2.29. The molecule has 0 bridgehead atoms. The molecule has 2 rings (SSSR count). The Morgan fingerprint density at radius 2 is 1.67 bits per heavy atom. The van der Waals surface area contributed by atoms with Crippen molar-refractivity contribution in [2.24, 2.45) is 5.92 Å². The van der Waals surface area contributed by atoms with Crippen LogP contribution in [0.25, 0.3) is 0 Å².